The second-order valence-corrected chi connectivity index (χ2v) is 8.92. The van der Waals surface area contributed by atoms with E-state index in [-0.39, 0.29) is 0 Å². The fourth-order valence-electron chi connectivity index (χ4n) is 3.81. The molecule has 0 aliphatic carbocycles. The summed E-state index contributed by atoms with van der Waals surface area (Å²) in [5.41, 5.74) is 8.51. The average Bonchev–Trinajstić information content (AvgIpc) is 3.14. The van der Waals surface area contributed by atoms with Crippen molar-refractivity contribution in [2.45, 2.75) is 25.4 Å². The van der Waals surface area contributed by atoms with Crippen LogP contribution in [0.1, 0.15) is 28.8 Å². The van der Waals surface area contributed by atoms with Gasteiger partial charge in [0.2, 0.25) is 0 Å². The molecule has 0 spiro atoms. The number of anilines is 1. The van der Waals surface area contributed by atoms with Crippen LogP contribution >= 0.6 is 11.3 Å². The van der Waals surface area contributed by atoms with Gasteiger partial charge in [-0.3, -0.25) is 4.79 Å². The number of nitrogens with one attached hydrogen (secondary N) is 2. The van der Waals surface area contributed by atoms with Gasteiger partial charge in [0.25, 0.3) is 5.91 Å². The van der Waals surface area contributed by atoms with E-state index in [0.29, 0.717) is 11.6 Å². The van der Waals surface area contributed by atoms with Gasteiger partial charge in [-0.05, 0) is 56.7 Å². The lowest BCUT2D eigenvalue weighted by atomic mass is 10.1. The summed E-state index contributed by atoms with van der Waals surface area (Å²) in [5.74, 6) is 0.383. The van der Waals surface area contributed by atoms with Crippen LogP contribution < -0.4 is 16.4 Å². The molecular formula is C22H27N5OS. The van der Waals surface area contributed by atoms with Crippen LogP contribution in [-0.4, -0.2) is 49.0 Å². The van der Waals surface area contributed by atoms with Crippen LogP contribution in [-0.2, 0) is 6.54 Å². The number of pyridine rings is 1. The Kier molecular flexibility index (Phi) is 5.80. The smallest absolute Gasteiger partial charge is 0.251 e. The summed E-state index contributed by atoms with van der Waals surface area (Å²) in [7, 11) is 4.13. The molecule has 7 heteroatoms. The lowest BCUT2D eigenvalue weighted by molar-refractivity contribution is 0.100. The number of piperidine rings is 1. The quantitative estimate of drug-likeness (QED) is 0.582. The van der Waals surface area contributed by atoms with Gasteiger partial charge in [0.05, 0.1) is 10.3 Å². The molecule has 152 valence electrons. The van der Waals surface area contributed by atoms with Crippen molar-refractivity contribution in [2.75, 3.05) is 32.5 Å². The van der Waals surface area contributed by atoms with E-state index in [9.17, 15) is 4.79 Å². The molecule has 0 saturated carbocycles. The number of amides is 1. The molecule has 0 bridgehead atoms. The number of primary amides is 1. The number of nitrogens with two attached hydrogens (primary N) is 1. The van der Waals surface area contributed by atoms with Crippen molar-refractivity contribution in [2.24, 2.45) is 5.73 Å². The predicted molar refractivity (Wildman–Crippen MR) is 120 cm³/mol. The Bertz CT molecular complexity index is 1020. The van der Waals surface area contributed by atoms with E-state index in [2.05, 4.69) is 64.9 Å². The molecule has 0 radical (unpaired) electrons. The summed E-state index contributed by atoms with van der Waals surface area (Å²) in [5, 5.41) is 7.95. The highest BCUT2D eigenvalue weighted by Gasteiger charge is 2.19. The van der Waals surface area contributed by atoms with Gasteiger partial charge >= 0.3 is 0 Å². The first kappa shape index (κ1) is 19.8. The second-order valence-electron chi connectivity index (χ2n) is 7.86. The lowest BCUT2D eigenvalue weighted by Gasteiger charge is -2.24. The Labute approximate surface area is 175 Å². The first-order valence-corrected chi connectivity index (χ1v) is 10.8. The number of carbonyl (C=O) groups is 1. The molecular weight excluding hydrogens is 382 g/mol. The van der Waals surface area contributed by atoms with Crippen molar-refractivity contribution in [3.8, 4) is 10.4 Å². The van der Waals surface area contributed by atoms with Gasteiger partial charge in [-0.25, -0.2) is 4.98 Å². The normalized spacial score (nSPS) is 17.0. The third-order valence-corrected chi connectivity index (χ3v) is 6.39. The maximum Gasteiger partial charge on any atom is 0.251 e. The van der Waals surface area contributed by atoms with Crippen LogP contribution in [0, 0.1) is 0 Å². The lowest BCUT2D eigenvalue weighted by Crippen LogP contribution is -2.38. The topological polar surface area (TPSA) is 83.3 Å². The van der Waals surface area contributed by atoms with Gasteiger partial charge in [0, 0.05) is 35.6 Å². The first-order valence-electron chi connectivity index (χ1n) is 9.95. The van der Waals surface area contributed by atoms with Crippen molar-refractivity contribution >= 4 is 33.1 Å². The van der Waals surface area contributed by atoms with Crippen molar-refractivity contribution < 1.29 is 4.79 Å². The molecule has 2 aromatic heterocycles. The monoisotopic (exact) mass is 409 g/mol. The summed E-state index contributed by atoms with van der Waals surface area (Å²) >= 11 is 1.60. The molecule has 1 atom stereocenters. The molecule has 3 aromatic rings. The van der Waals surface area contributed by atoms with E-state index >= 15 is 0 Å². The molecule has 1 amide bonds. The van der Waals surface area contributed by atoms with Crippen LogP contribution in [0.3, 0.4) is 0 Å². The Hall–Kier alpha value is -2.48. The van der Waals surface area contributed by atoms with Gasteiger partial charge < -0.3 is 21.3 Å². The van der Waals surface area contributed by atoms with E-state index in [1.165, 1.54) is 5.56 Å². The highest BCUT2D eigenvalue weighted by molar-refractivity contribution is 7.22. The number of carbonyl (C=O) groups excluding carboxylic acids is 1. The molecule has 1 saturated heterocycles. The molecule has 29 heavy (non-hydrogen) atoms. The first-order chi connectivity index (χ1) is 14.0. The van der Waals surface area contributed by atoms with Crippen LogP contribution in [0.5, 0.6) is 0 Å². The minimum absolute atomic E-state index is 0.339. The average molecular weight is 410 g/mol. The number of benzene rings is 1. The van der Waals surface area contributed by atoms with E-state index in [4.69, 9.17) is 5.73 Å². The fourth-order valence-corrected chi connectivity index (χ4v) is 4.98. The van der Waals surface area contributed by atoms with Crippen molar-refractivity contribution in [3.63, 3.8) is 0 Å². The Morgan fingerprint density at radius 1 is 1.38 bits per heavy atom. The van der Waals surface area contributed by atoms with E-state index in [1.807, 2.05) is 0 Å². The summed E-state index contributed by atoms with van der Waals surface area (Å²) in [4.78, 5) is 19.8. The van der Waals surface area contributed by atoms with Gasteiger partial charge in [0.1, 0.15) is 5.82 Å². The molecule has 1 fully saturated rings. The summed E-state index contributed by atoms with van der Waals surface area (Å²) < 4.78 is 0.895. The third-order valence-electron chi connectivity index (χ3n) is 5.17. The van der Waals surface area contributed by atoms with E-state index in [1.54, 1.807) is 17.5 Å². The predicted octanol–water partition coefficient (Wildman–Crippen LogP) is 3.29. The molecule has 0 unspecified atom stereocenters. The minimum atomic E-state index is -0.442. The number of rotatable bonds is 6. The zero-order chi connectivity index (χ0) is 20.4. The molecule has 1 aliphatic heterocycles. The Morgan fingerprint density at radius 3 is 2.97 bits per heavy atom. The number of nitrogens with zero attached hydrogens (tertiary/aromatic N) is 2. The number of hydrogen-bond acceptors (Lipinski definition) is 6. The second kappa shape index (κ2) is 8.49. The van der Waals surface area contributed by atoms with Crippen LogP contribution in [0.4, 0.5) is 5.82 Å². The fraction of sp³-hybridized carbons (Fsp3) is 0.364. The number of aromatic nitrogens is 1. The van der Waals surface area contributed by atoms with Crippen molar-refractivity contribution in [3.05, 3.63) is 47.7 Å². The maximum absolute atomic E-state index is 12.0. The summed E-state index contributed by atoms with van der Waals surface area (Å²) in [6.45, 7) is 2.87. The maximum atomic E-state index is 12.0. The number of hydrogen-bond donors (Lipinski definition) is 3. The SMILES string of the molecule is CN(C)Cc1cccc(-c2cc3c(N[C@H]4CCCNC4)ncc(C(N)=O)c3s2)c1. The zero-order valence-corrected chi connectivity index (χ0v) is 17.7. The number of fused-ring (bicyclic) bond motifs is 1. The Balaban J connectivity index is 1.75. The number of thiophene rings is 1. The van der Waals surface area contributed by atoms with Gasteiger partial charge in [-0.15, -0.1) is 11.3 Å². The highest BCUT2D eigenvalue weighted by Crippen LogP contribution is 2.38. The van der Waals surface area contributed by atoms with Gasteiger partial charge in [-0.1, -0.05) is 18.2 Å². The van der Waals surface area contributed by atoms with Crippen LogP contribution in [0.2, 0.25) is 0 Å². The van der Waals surface area contributed by atoms with E-state index in [0.717, 1.165) is 58.8 Å². The standard InChI is InChI=1S/C22H27N5OS/c1-27(2)13-14-5-3-6-15(9-14)19-10-17-20(29-19)18(21(23)28)12-25-22(17)26-16-7-4-8-24-11-16/h3,5-6,9-10,12,16,24H,4,7-8,11,13H2,1-2H3,(H2,23,28)(H,25,26)/t16-/m0/s1. The third kappa shape index (κ3) is 4.42. The van der Waals surface area contributed by atoms with Gasteiger partial charge in [0.15, 0.2) is 0 Å². The molecule has 6 nitrogen and oxygen atoms in total. The summed E-state index contributed by atoms with van der Waals surface area (Å²) in [6, 6.07) is 11.0. The molecule has 4 rings (SSSR count). The highest BCUT2D eigenvalue weighted by atomic mass is 32.1. The van der Waals surface area contributed by atoms with Gasteiger partial charge in [-0.2, -0.15) is 0 Å². The summed E-state index contributed by atoms with van der Waals surface area (Å²) in [6.07, 6.45) is 3.86. The minimum Gasteiger partial charge on any atom is -0.366 e. The molecule has 4 N–H and O–H groups in total. The van der Waals surface area contributed by atoms with Crippen molar-refractivity contribution in [1.82, 2.24) is 15.2 Å². The Morgan fingerprint density at radius 2 is 2.24 bits per heavy atom. The van der Waals surface area contributed by atoms with Crippen LogP contribution in [0.15, 0.2) is 36.5 Å². The van der Waals surface area contributed by atoms with Crippen molar-refractivity contribution in [1.29, 1.82) is 0 Å². The van der Waals surface area contributed by atoms with Crippen LogP contribution in [0.25, 0.3) is 20.5 Å². The largest absolute Gasteiger partial charge is 0.366 e. The van der Waals surface area contributed by atoms with E-state index < -0.39 is 5.91 Å². The molecule has 1 aliphatic rings. The molecule has 3 heterocycles. The zero-order valence-electron chi connectivity index (χ0n) is 16.9. The molecule has 1 aromatic carbocycles.